The first-order valence-electron chi connectivity index (χ1n) is 2.40. The van der Waals surface area contributed by atoms with Gasteiger partial charge in [-0.1, -0.05) is 0 Å². The van der Waals surface area contributed by atoms with Gasteiger partial charge in [0.1, 0.15) is 0 Å². The fourth-order valence-corrected chi connectivity index (χ4v) is 0. The van der Waals surface area contributed by atoms with Gasteiger partial charge < -0.3 is 26.5 Å². The summed E-state index contributed by atoms with van der Waals surface area (Å²) in [4.78, 5) is 18.0. The van der Waals surface area contributed by atoms with Crippen LogP contribution >= 0.6 is 0 Å². The Hall–Kier alpha value is -0.400. The van der Waals surface area contributed by atoms with Gasteiger partial charge in [-0.05, 0) is 0 Å². The fraction of sp³-hybridized carbons (Fsp3) is 0.500. The number of rotatable bonds is 1. The quantitative estimate of drug-likeness (QED) is 0.333. The van der Waals surface area contributed by atoms with Gasteiger partial charge in [0.15, 0.2) is 5.97 Å². The maximum atomic E-state index is 9.04. The van der Waals surface area contributed by atoms with Crippen molar-refractivity contribution >= 4 is 11.9 Å². The van der Waals surface area contributed by atoms with Crippen LogP contribution in [0.25, 0.3) is 0 Å². The summed E-state index contributed by atoms with van der Waals surface area (Å²) >= 11 is 0. The summed E-state index contributed by atoms with van der Waals surface area (Å²) in [6, 6.07) is 0. The second kappa shape index (κ2) is 12.3. The predicted octanol–water partition coefficient (Wildman–Crippen LogP) is -3.28. The molecule has 0 aromatic heterocycles. The Morgan fingerprint density at radius 3 is 1.45 bits per heavy atom. The summed E-state index contributed by atoms with van der Waals surface area (Å²) in [7, 11) is 0. The summed E-state index contributed by atoms with van der Waals surface area (Å²) in [6.07, 6.45) is 0. The topological polar surface area (TPSA) is 129 Å². The van der Waals surface area contributed by atoms with E-state index >= 15 is 0 Å². The van der Waals surface area contributed by atoms with E-state index in [9.17, 15) is 0 Å². The van der Waals surface area contributed by atoms with Crippen molar-refractivity contribution < 1.29 is 42.2 Å². The van der Waals surface area contributed by atoms with Crippen LogP contribution in [-0.4, -0.2) is 30.1 Å². The molecule has 0 aromatic rings. The van der Waals surface area contributed by atoms with E-state index in [0.29, 0.717) is 13.1 Å². The van der Waals surface area contributed by atoms with Gasteiger partial charge in [-0.2, -0.15) is 0 Å². The molecule has 0 bridgehead atoms. The van der Waals surface area contributed by atoms with Crippen molar-refractivity contribution in [2.45, 2.75) is 0 Å². The van der Waals surface area contributed by atoms with Crippen LogP contribution in [0.1, 0.15) is 0 Å². The normalized spacial score (nSPS) is 6.73. The maximum absolute atomic E-state index is 9.04. The van der Waals surface area contributed by atoms with Crippen LogP contribution in [0.15, 0.2) is 0 Å². The molecule has 0 aliphatic rings. The number of nitrogens with two attached hydrogens (primary N) is 2. The van der Waals surface area contributed by atoms with Crippen LogP contribution in [0.2, 0.25) is 0 Å². The molecular weight excluding hydrogens is 248 g/mol. The minimum Gasteiger partial charge on any atom is -0.539 e. The predicted molar refractivity (Wildman–Crippen MR) is 30.8 cm³/mol. The van der Waals surface area contributed by atoms with Crippen LogP contribution in [0.3, 0.4) is 0 Å². The van der Waals surface area contributed by atoms with Gasteiger partial charge in [-0.3, -0.25) is 0 Å². The molecule has 7 heteroatoms. The number of carbonyl (C=O) groups is 2. The van der Waals surface area contributed by atoms with Crippen LogP contribution in [0.5, 0.6) is 0 Å². The Morgan fingerprint density at radius 1 is 1.27 bits per heavy atom. The van der Waals surface area contributed by atoms with Crippen molar-refractivity contribution in [1.29, 1.82) is 0 Å². The second-order valence-electron chi connectivity index (χ2n) is 1.17. The summed E-state index contributed by atoms with van der Waals surface area (Å²) in [5.74, 6) is -4.01. The number of hydrogen-bond acceptors (Lipinski definition) is 5. The van der Waals surface area contributed by atoms with E-state index in [4.69, 9.17) is 31.3 Å². The van der Waals surface area contributed by atoms with Crippen LogP contribution in [0, 0.1) is 0 Å². The zero-order valence-corrected chi connectivity index (χ0v) is 7.02. The molecule has 0 saturated heterocycles. The summed E-state index contributed by atoms with van der Waals surface area (Å²) < 4.78 is 0. The standard InChI is InChI=1S/C2H8N2.C2H2O4.Ag/c3-1-2-4;3-1(4)2(5)6;/h1-4H2;(H,3,4)(H,5,6);/q;;+1/p-1. The van der Waals surface area contributed by atoms with Crippen molar-refractivity contribution in [3.05, 3.63) is 0 Å². The molecule has 0 aliphatic heterocycles. The summed E-state index contributed by atoms with van der Waals surface area (Å²) in [5.41, 5.74) is 9.81. The summed E-state index contributed by atoms with van der Waals surface area (Å²) in [5, 5.41) is 16.3. The Balaban J connectivity index is -0.000000114. The molecule has 0 heterocycles. The number of hydrogen-bond donors (Lipinski definition) is 3. The van der Waals surface area contributed by atoms with E-state index in [-0.39, 0.29) is 22.4 Å². The summed E-state index contributed by atoms with van der Waals surface area (Å²) in [6.45, 7) is 1.19. The molecule has 0 saturated carbocycles. The first-order valence-corrected chi connectivity index (χ1v) is 2.40. The third-order valence-corrected chi connectivity index (χ3v) is 0.341. The van der Waals surface area contributed by atoms with E-state index in [0.717, 1.165) is 0 Å². The third kappa shape index (κ3) is 26.2. The molecule has 0 spiro atoms. The molecular formula is C4H9AgN2O4. The monoisotopic (exact) mass is 256 g/mol. The average Bonchev–Trinajstić information content (AvgIpc) is 1.89. The zero-order chi connectivity index (χ0) is 8.57. The van der Waals surface area contributed by atoms with E-state index in [1.165, 1.54) is 0 Å². The number of carbonyl (C=O) groups excluding carboxylic acids is 1. The fourth-order valence-electron chi connectivity index (χ4n) is 0. The van der Waals surface area contributed by atoms with Gasteiger partial charge in [-0.25, -0.2) is 4.79 Å². The molecule has 0 radical (unpaired) electrons. The zero-order valence-electron chi connectivity index (χ0n) is 5.54. The van der Waals surface area contributed by atoms with Gasteiger partial charge in [0.2, 0.25) is 0 Å². The van der Waals surface area contributed by atoms with E-state index in [1.807, 2.05) is 0 Å². The Kier molecular flexibility index (Phi) is 18.9. The van der Waals surface area contributed by atoms with Gasteiger partial charge in [0, 0.05) is 13.1 Å². The van der Waals surface area contributed by atoms with E-state index in [1.54, 1.807) is 0 Å². The molecule has 5 N–H and O–H groups in total. The molecule has 6 nitrogen and oxygen atoms in total. The number of aliphatic carboxylic acids is 2. The Bertz CT molecular complexity index is 105. The van der Waals surface area contributed by atoms with Crippen molar-refractivity contribution in [2.75, 3.05) is 13.1 Å². The number of carboxylic acid groups (broad SMARTS) is 2. The molecule has 70 valence electrons. The van der Waals surface area contributed by atoms with Gasteiger partial charge in [0.05, 0.1) is 0 Å². The largest absolute Gasteiger partial charge is 1.00 e. The van der Waals surface area contributed by atoms with Crippen LogP contribution in [0.4, 0.5) is 0 Å². The van der Waals surface area contributed by atoms with Crippen LogP contribution < -0.4 is 16.6 Å². The van der Waals surface area contributed by atoms with Gasteiger partial charge in [-0.15, -0.1) is 0 Å². The minimum absolute atomic E-state index is 0. The first kappa shape index (κ1) is 16.9. The van der Waals surface area contributed by atoms with Gasteiger partial charge >= 0.3 is 28.3 Å². The number of carboxylic acids is 2. The minimum atomic E-state index is -2.07. The third-order valence-electron chi connectivity index (χ3n) is 0.341. The van der Waals surface area contributed by atoms with Crippen molar-refractivity contribution in [2.24, 2.45) is 11.5 Å². The molecule has 0 aliphatic carbocycles. The van der Waals surface area contributed by atoms with E-state index < -0.39 is 11.9 Å². The first-order chi connectivity index (χ1) is 4.56. The smallest absolute Gasteiger partial charge is 0.539 e. The second-order valence-corrected chi connectivity index (χ2v) is 1.17. The molecule has 0 unspecified atom stereocenters. The van der Waals surface area contributed by atoms with Crippen molar-refractivity contribution in [3.8, 4) is 0 Å². The van der Waals surface area contributed by atoms with E-state index in [2.05, 4.69) is 0 Å². The molecule has 0 fully saturated rings. The Labute approximate surface area is 79.1 Å². The van der Waals surface area contributed by atoms with Crippen molar-refractivity contribution in [1.82, 2.24) is 0 Å². The SMILES string of the molecule is NCCN.O=C([O-])C(=O)O.[Ag+]. The average molecular weight is 257 g/mol. The van der Waals surface area contributed by atoms with Crippen LogP contribution in [-0.2, 0) is 32.0 Å². The van der Waals surface area contributed by atoms with Crippen molar-refractivity contribution in [3.63, 3.8) is 0 Å². The Morgan fingerprint density at radius 2 is 1.45 bits per heavy atom. The van der Waals surface area contributed by atoms with Gasteiger partial charge in [0.25, 0.3) is 0 Å². The molecule has 0 atom stereocenters. The molecule has 0 amide bonds. The maximum Gasteiger partial charge on any atom is 1.00 e. The molecule has 0 aromatic carbocycles. The molecule has 11 heavy (non-hydrogen) atoms. The molecule has 0 rings (SSSR count).